The number of rotatable bonds is 2. The van der Waals surface area contributed by atoms with Gasteiger partial charge >= 0.3 is 5.97 Å². The van der Waals surface area contributed by atoms with Gasteiger partial charge in [0.05, 0.1) is 12.5 Å². The van der Waals surface area contributed by atoms with Crippen LogP contribution in [0.3, 0.4) is 0 Å². The molecule has 16 heavy (non-hydrogen) atoms. The molecule has 0 aliphatic carbocycles. The van der Waals surface area contributed by atoms with Gasteiger partial charge in [-0.05, 0) is 43.7 Å². The number of carbonyl (C=O) groups is 1. The van der Waals surface area contributed by atoms with Gasteiger partial charge in [-0.15, -0.1) is 0 Å². The lowest BCUT2D eigenvalue weighted by Gasteiger charge is -2.13. The number of aryl methyl sites for hydroxylation is 1. The molecule has 0 spiro atoms. The van der Waals surface area contributed by atoms with E-state index in [4.69, 9.17) is 4.74 Å². The first-order valence-electron chi connectivity index (χ1n) is 5.98. The average molecular weight is 218 g/mol. The van der Waals surface area contributed by atoms with Crippen molar-refractivity contribution in [3.05, 3.63) is 35.4 Å². The van der Waals surface area contributed by atoms with Crippen LogP contribution >= 0.6 is 0 Å². The fraction of sp³-hybridized carbons (Fsp3) is 0.500. The van der Waals surface area contributed by atoms with Crippen LogP contribution in [0.15, 0.2) is 24.3 Å². The average Bonchev–Trinajstić information content (AvgIpc) is 2.48. The first-order chi connectivity index (χ1) is 7.77. The summed E-state index contributed by atoms with van der Waals surface area (Å²) in [4.78, 5) is 11.7. The molecule has 1 fully saturated rings. The fourth-order valence-electron chi connectivity index (χ4n) is 2.19. The maximum Gasteiger partial charge on any atom is 0.309 e. The standard InChI is InChI=1S/C14H18O2/c1-11-6-2-3-7-12(11)10-13-8-4-5-9-16-14(13)15/h2-3,6-7,13H,4-5,8-10H2,1H3. The molecule has 1 aromatic carbocycles. The Morgan fingerprint density at radius 1 is 1.31 bits per heavy atom. The van der Waals surface area contributed by atoms with Crippen LogP contribution in [0.25, 0.3) is 0 Å². The molecule has 1 saturated heterocycles. The van der Waals surface area contributed by atoms with E-state index in [0.29, 0.717) is 6.61 Å². The quantitative estimate of drug-likeness (QED) is 0.713. The largest absolute Gasteiger partial charge is 0.465 e. The van der Waals surface area contributed by atoms with E-state index in [0.717, 1.165) is 25.7 Å². The SMILES string of the molecule is Cc1ccccc1CC1CCCCOC1=O. The van der Waals surface area contributed by atoms with Crippen LogP contribution < -0.4 is 0 Å². The van der Waals surface area contributed by atoms with Crippen LogP contribution in [-0.2, 0) is 16.0 Å². The van der Waals surface area contributed by atoms with Gasteiger partial charge in [-0.2, -0.15) is 0 Å². The molecule has 0 radical (unpaired) electrons. The predicted octanol–water partition coefficient (Wildman–Crippen LogP) is 2.88. The summed E-state index contributed by atoms with van der Waals surface area (Å²) in [7, 11) is 0. The smallest absolute Gasteiger partial charge is 0.309 e. The Morgan fingerprint density at radius 2 is 2.12 bits per heavy atom. The maximum absolute atomic E-state index is 11.7. The molecule has 1 unspecified atom stereocenters. The molecule has 1 heterocycles. The lowest BCUT2D eigenvalue weighted by atomic mass is 9.93. The van der Waals surface area contributed by atoms with Gasteiger partial charge < -0.3 is 4.74 Å². The Balaban J connectivity index is 2.08. The lowest BCUT2D eigenvalue weighted by Crippen LogP contribution is -2.18. The molecule has 0 saturated carbocycles. The summed E-state index contributed by atoms with van der Waals surface area (Å²) >= 11 is 0. The molecule has 0 N–H and O–H groups in total. The van der Waals surface area contributed by atoms with Gasteiger partial charge in [-0.3, -0.25) is 4.79 Å². The van der Waals surface area contributed by atoms with E-state index in [9.17, 15) is 4.79 Å². The van der Waals surface area contributed by atoms with Crippen molar-refractivity contribution in [1.82, 2.24) is 0 Å². The van der Waals surface area contributed by atoms with Gasteiger partial charge in [0, 0.05) is 0 Å². The van der Waals surface area contributed by atoms with Gasteiger partial charge in [0.2, 0.25) is 0 Å². The Labute approximate surface area is 96.6 Å². The maximum atomic E-state index is 11.7. The summed E-state index contributed by atoms with van der Waals surface area (Å²) in [5.74, 6) is 0.0457. The van der Waals surface area contributed by atoms with Crippen molar-refractivity contribution in [2.45, 2.75) is 32.6 Å². The Morgan fingerprint density at radius 3 is 2.94 bits per heavy atom. The minimum Gasteiger partial charge on any atom is -0.465 e. The van der Waals surface area contributed by atoms with E-state index < -0.39 is 0 Å². The Bertz CT molecular complexity index is 371. The van der Waals surface area contributed by atoms with Crippen molar-refractivity contribution in [3.8, 4) is 0 Å². The Kier molecular flexibility index (Phi) is 3.60. The highest BCUT2D eigenvalue weighted by molar-refractivity contribution is 5.73. The molecule has 1 atom stereocenters. The van der Waals surface area contributed by atoms with Crippen LogP contribution in [0, 0.1) is 12.8 Å². The van der Waals surface area contributed by atoms with Crippen LogP contribution in [0.1, 0.15) is 30.4 Å². The van der Waals surface area contributed by atoms with Gasteiger partial charge in [-0.1, -0.05) is 24.3 Å². The molecule has 1 aliphatic rings. The van der Waals surface area contributed by atoms with Gasteiger partial charge in [0.1, 0.15) is 0 Å². The number of carbonyl (C=O) groups excluding carboxylic acids is 1. The number of hydrogen-bond donors (Lipinski definition) is 0. The van der Waals surface area contributed by atoms with Crippen molar-refractivity contribution in [2.75, 3.05) is 6.61 Å². The molecule has 0 amide bonds. The summed E-state index contributed by atoms with van der Waals surface area (Å²) in [5.41, 5.74) is 2.53. The molecule has 2 nitrogen and oxygen atoms in total. The van der Waals surface area contributed by atoms with Crippen LogP contribution in [0.2, 0.25) is 0 Å². The molecule has 1 aromatic rings. The summed E-state index contributed by atoms with van der Waals surface area (Å²) in [6, 6.07) is 8.26. The van der Waals surface area contributed by atoms with E-state index >= 15 is 0 Å². The van der Waals surface area contributed by atoms with Gasteiger partial charge in [-0.25, -0.2) is 0 Å². The third-order valence-corrected chi connectivity index (χ3v) is 3.25. The van der Waals surface area contributed by atoms with Crippen molar-refractivity contribution >= 4 is 5.97 Å². The second-order valence-electron chi connectivity index (χ2n) is 4.49. The summed E-state index contributed by atoms with van der Waals surface area (Å²) in [6.45, 7) is 2.69. The number of benzene rings is 1. The monoisotopic (exact) mass is 218 g/mol. The number of esters is 1. The van der Waals surface area contributed by atoms with E-state index in [1.807, 2.05) is 12.1 Å². The minimum absolute atomic E-state index is 0.0132. The van der Waals surface area contributed by atoms with Crippen molar-refractivity contribution in [2.24, 2.45) is 5.92 Å². The fourth-order valence-corrected chi connectivity index (χ4v) is 2.19. The molecular weight excluding hydrogens is 200 g/mol. The zero-order chi connectivity index (χ0) is 11.4. The minimum atomic E-state index is -0.0132. The third-order valence-electron chi connectivity index (χ3n) is 3.25. The Hall–Kier alpha value is -1.31. The zero-order valence-electron chi connectivity index (χ0n) is 9.74. The predicted molar refractivity (Wildman–Crippen MR) is 63.2 cm³/mol. The van der Waals surface area contributed by atoms with Gasteiger partial charge in [0.25, 0.3) is 0 Å². The highest BCUT2D eigenvalue weighted by atomic mass is 16.5. The third kappa shape index (κ3) is 2.63. The molecule has 0 bridgehead atoms. The summed E-state index contributed by atoms with van der Waals surface area (Å²) < 4.78 is 5.19. The molecule has 86 valence electrons. The molecular formula is C14H18O2. The number of ether oxygens (including phenoxy) is 1. The van der Waals surface area contributed by atoms with Crippen molar-refractivity contribution < 1.29 is 9.53 Å². The van der Waals surface area contributed by atoms with E-state index in [1.165, 1.54) is 11.1 Å². The van der Waals surface area contributed by atoms with E-state index in [2.05, 4.69) is 19.1 Å². The van der Waals surface area contributed by atoms with Crippen LogP contribution in [0.4, 0.5) is 0 Å². The topological polar surface area (TPSA) is 26.3 Å². The van der Waals surface area contributed by atoms with Crippen molar-refractivity contribution in [1.29, 1.82) is 0 Å². The van der Waals surface area contributed by atoms with Crippen LogP contribution in [-0.4, -0.2) is 12.6 Å². The van der Waals surface area contributed by atoms with E-state index in [1.54, 1.807) is 0 Å². The highest BCUT2D eigenvalue weighted by Gasteiger charge is 2.23. The second-order valence-corrected chi connectivity index (χ2v) is 4.49. The second kappa shape index (κ2) is 5.15. The normalized spacial score (nSPS) is 21.3. The highest BCUT2D eigenvalue weighted by Crippen LogP contribution is 2.21. The van der Waals surface area contributed by atoms with E-state index in [-0.39, 0.29) is 11.9 Å². The molecule has 0 aromatic heterocycles. The first-order valence-corrected chi connectivity index (χ1v) is 5.98. The first kappa shape index (κ1) is 11.2. The molecule has 2 rings (SSSR count). The summed E-state index contributed by atoms with van der Waals surface area (Å²) in [6.07, 6.45) is 3.90. The summed E-state index contributed by atoms with van der Waals surface area (Å²) in [5, 5.41) is 0. The molecule has 2 heteroatoms. The van der Waals surface area contributed by atoms with Crippen molar-refractivity contribution in [3.63, 3.8) is 0 Å². The lowest BCUT2D eigenvalue weighted by molar-refractivity contribution is -0.147. The number of cyclic esters (lactones) is 1. The van der Waals surface area contributed by atoms with Crippen LogP contribution in [0.5, 0.6) is 0 Å². The zero-order valence-corrected chi connectivity index (χ0v) is 9.74. The molecule has 1 aliphatic heterocycles. The van der Waals surface area contributed by atoms with Gasteiger partial charge in [0.15, 0.2) is 0 Å². The number of hydrogen-bond acceptors (Lipinski definition) is 2.